The molecule has 2 aromatic heterocycles. The third-order valence-corrected chi connectivity index (χ3v) is 4.84. The fraction of sp³-hybridized carbons (Fsp3) is 0.174. The molecule has 4 N–H and O–H groups in total. The Morgan fingerprint density at radius 3 is 2.27 bits per heavy atom. The zero-order valence-electron chi connectivity index (χ0n) is 20.6. The molecule has 0 atom stereocenters. The molecule has 0 aliphatic carbocycles. The van der Waals surface area contributed by atoms with Gasteiger partial charge >= 0.3 is 30.0 Å². The summed E-state index contributed by atoms with van der Waals surface area (Å²) in [5.41, 5.74) is -0.228. The van der Waals surface area contributed by atoms with Gasteiger partial charge in [0.1, 0.15) is 11.3 Å². The lowest BCUT2D eigenvalue weighted by atomic mass is 10.2. The predicted octanol–water partition coefficient (Wildman–Crippen LogP) is 4.85. The van der Waals surface area contributed by atoms with Gasteiger partial charge in [-0.3, -0.25) is 4.98 Å². The fourth-order valence-corrected chi connectivity index (χ4v) is 3.06. The first kappa shape index (κ1) is 30.3. The van der Waals surface area contributed by atoms with Gasteiger partial charge in [0.25, 0.3) is 0 Å². The number of oxazole rings is 1. The van der Waals surface area contributed by atoms with E-state index in [0.717, 1.165) is 18.3 Å². The number of rotatable bonds is 6. The SMILES string of the molecule is COC(=O)C(F)(F)F.COc1cc(Nc2ncc(C(=O)O)c(Nc3ccc4oc(=O)[nH]c4c3)n2)cc(C(F)(F)F)c1. The molecule has 0 fully saturated rings. The van der Waals surface area contributed by atoms with Gasteiger partial charge in [-0.15, -0.1) is 0 Å². The van der Waals surface area contributed by atoms with E-state index in [1.54, 1.807) is 0 Å². The minimum atomic E-state index is -4.85. The first-order valence-electron chi connectivity index (χ1n) is 10.8. The number of aromatic amines is 1. The molecular formula is C23H17F6N5O7. The number of aromatic nitrogens is 3. The van der Waals surface area contributed by atoms with Crippen LogP contribution in [0.4, 0.5) is 49.5 Å². The number of halogens is 6. The van der Waals surface area contributed by atoms with Crippen molar-refractivity contribution >= 4 is 46.2 Å². The first-order chi connectivity index (χ1) is 19.1. The number of carbonyl (C=O) groups is 2. The molecule has 0 bridgehead atoms. The monoisotopic (exact) mass is 589 g/mol. The number of H-pyrrole nitrogens is 1. The maximum atomic E-state index is 13.2. The molecule has 0 spiro atoms. The fourth-order valence-electron chi connectivity index (χ4n) is 3.06. The maximum Gasteiger partial charge on any atom is 0.490 e. The Kier molecular flexibility index (Phi) is 8.74. The number of fused-ring (bicyclic) bond motifs is 1. The molecule has 4 aromatic rings. The van der Waals surface area contributed by atoms with Crippen molar-refractivity contribution < 1.29 is 54.9 Å². The largest absolute Gasteiger partial charge is 0.497 e. The molecule has 18 heteroatoms. The Hall–Kier alpha value is -5.29. The van der Waals surface area contributed by atoms with E-state index in [1.807, 2.05) is 0 Å². The van der Waals surface area contributed by atoms with Gasteiger partial charge in [-0.05, 0) is 30.3 Å². The summed E-state index contributed by atoms with van der Waals surface area (Å²) in [6.07, 6.45) is -8.46. The summed E-state index contributed by atoms with van der Waals surface area (Å²) in [7, 11) is 1.90. The Labute approximate surface area is 223 Å². The molecule has 0 saturated carbocycles. The van der Waals surface area contributed by atoms with Crippen molar-refractivity contribution in [1.82, 2.24) is 15.0 Å². The van der Waals surface area contributed by atoms with Crippen molar-refractivity contribution in [2.45, 2.75) is 12.4 Å². The number of benzene rings is 2. The Morgan fingerprint density at radius 1 is 1.00 bits per heavy atom. The van der Waals surface area contributed by atoms with Crippen molar-refractivity contribution in [1.29, 1.82) is 0 Å². The van der Waals surface area contributed by atoms with Crippen LogP contribution in [-0.2, 0) is 15.7 Å². The molecule has 0 saturated heterocycles. The lowest BCUT2D eigenvalue weighted by Gasteiger charge is -2.14. The number of nitrogens with zero attached hydrogens (tertiary/aromatic N) is 2. The molecule has 0 unspecified atom stereocenters. The van der Waals surface area contributed by atoms with Crippen LogP contribution in [0.3, 0.4) is 0 Å². The van der Waals surface area contributed by atoms with Crippen LogP contribution in [0.5, 0.6) is 5.75 Å². The van der Waals surface area contributed by atoms with E-state index < -0.39 is 35.6 Å². The number of methoxy groups -OCH3 is 2. The normalized spacial score (nSPS) is 11.3. The standard InChI is InChI=1S/C20H14F3N5O5.C3H3F3O2/c1-32-12-5-9(20(21,22)23)4-11(6-12)26-18-24-8-13(17(29)30)16(28-18)25-10-2-3-15-14(7-10)27-19(31)33-15;1-8-2(7)3(4,5)6/h2-8H,1H3,(H,27,31)(H,29,30)(H2,24,25,26,28);1H3. The lowest BCUT2D eigenvalue weighted by molar-refractivity contribution is -0.196. The van der Waals surface area contributed by atoms with Crippen LogP contribution in [0.25, 0.3) is 11.1 Å². The van der Waals surface area contributed by atoms with E-state index in [1.165, 1.54) is 31.4 Å². The third kappa shape index (κ3) is 7.87. The highest BCUT2D eigenvalue weighted by Gasteiger charge is 2.40. The molecular weight excluding hydrogens is 572 g/mol. The van der Waals surface area contributed by atoms with E-state index in [-0.39, 0.29) is 28.8 Å². The Balaban J connectivity index is 0.000000507. The maximum absolute atomic E-state index is 13.2. The molecule has 0 aliphatic rings. The van der Waals surface area contributed by atoms with Crippen molar-refractivity contribution in [3.63, 3.8) is 0 Å². The summed E-state index contributed by atoms with van der Waals surface area (Å²) in [6, 6.07) is 7.50. The van der Waals surface area contributed by atoms with Crippen LogP contribution in [0.15, 0.2) is 51.8 Å². The van der Waals surface area contributed by atoms with Gasteiger partial charge in [-0.25, -0.2) is 19.4 Å². The summed E-state index contributed by atoms with van der Waals surface area (Å²) in [4.78, 5) is 42.8. The number of carbonyl (C=O) groups excluding carboxylic acids is 1. The van der Waals surface area contributed by atoms with Crippen LogP contribution in [-0.4, -0.2) is 52.4 Å². The summed E-state index contributed by atoms with van der Waals surface area (Å²) in [5.74, 6) is -4.50. The summed E-state index contributed by atoms with van der Waals surface area (Å²) < 4.78 is 85.6. The molecule has 12 nitrogen and oxygen atoms in total. The zero-order valence-corrected chi connectivity index (χ0v) is 20.6. The first-order valence-corrected chi connectivity index (χ1v) is 10.8. The second-order valence-electron chi connectivity index (χ2n) is 7.67. The van der Waals surface area contributed by atoms with E-state index in [2.05, 4.69) is 30.3 Å². The number of alkyl halides is 6. The third-order valence-electron chi connectivity index (χ3n) is 4.84. The van der Waals surface area contributed by atoms with Gasteiger partial charge in [0.15, 0.2) is 11.4 Å². The van der Waals surface area contributed by atoms with Crippen LogP contribution in [0, 0.1) is 0 Å². The van der Waals surface area contributed by atoms with Crippen molar-refractivity contribution in [3.8, 4) is 5.75 Å². The summed E-state index contributed by atoms with van der Waals surface area (Å²) in [5, 5.41) is 14.9. The highest BCUT2D eigenvalue weighted by molar-refractivity contribution is 5.94. The van der Waals surface area contributed by atoms with Crippen molar-refractivity contribution in [3.05, 3.63) is 64.3 Å². The second-order valence-corrected chi connectivity index (χ2v) is 7.67. The average molecular weight is 589 g/mol. The Bertz CT molecular complexity index is 1630. The smallest absolute Gasteiger partial charge is 0.490 e. The number of esters is 1. The highest BCUT2D eigenvalue weighted by Crippen LogP contribution is 2.35. The van der Waals surface area contributed by atoms with Crippen LogP contribution in [0.1, 0.15) is 15.9 Å². The quantitative estimate of drug-likeness (QED) is 0.179. The number of anilines is 4. The summed E-state index contributed by atoms with van der Waals surface area (Å²) in [6.45, 7) is 0. The minimum Gasteiger partial charge on any atom is -0.497 e. The van der Waals surface area contributed by atoms with Gasteiger partial charge in [0.2, 0.25) is 5.95 Å². The van der Waals surface area contributed by atoms with E-state index in [4.69, 9.17) is 9.15 Å². The van der Waals surface area contributed by atoms with Gasteiger partial charge < -0.3 is 29.6 Å². The number of carboxylic acids is 1. The zero-order chi connectivity index (χ0) is 30.5. The number of hydrogen-bond acceptors (Lipinski definition) is 10. The van der Waals surface area contributed by atoms with Crippen LogP contribution >= 0.6 is 0 Å². The average Bonchev–Trinajstić information content (AvgIpc) is 3.26. The molecule has 0 amide bonds. The molecule has 0 radical (unpaired) electrons. The van der Waals surface area contributed by atoms with Crippen molar-refractivity contribution in [2.75, 3.05) is 24.9 Å². The molecule has 0 aliphatic heterocycles. The topological polar surface area (TPSA) is 169 Å². The van der Waals surface area contributed by atoms with Gasteiger partial charge in [-0.1, -0.05) is 0 Å². The van der Waals surface area contributed by atoms with E-state index in [9.17, 15) is 45.8 Å². The van der Waals surface area contributed by atoms with Gasteiger partial charge in [0.05, 0.1) is 25.3 Å². The second kappa shape index (κ2) is 11.8. The number of aromatic carboxylic acids is 1. The molecule has 2 aromatic carbocycles. The molecule has 41 heavy (non-hydrogen) atoms. The van der Waals surface area contributed by atoms with Gasteiger partial charge in [-0.2, -0.15) is 31.3 Å². The molecule has 2 heterocycles. The number of nitrogens with one attached hydrogen (secondary N) is 3. The summed E-state index contributed by atoms with van der Waals surface area (Å²) >= 11 is 0. The Morgan fingerprint density at radius 2 is 1.71 bits per heavy atom. The van der Waals surface area contributed by atoms with Crippen LogP contribution in [0.2, 0.25) is 0 Å². The number of hydrogen-bond donors (Lipinski definition) is 4. The predicted molar refractivity (Wildman–Crippen MR) is 128 cm³/mol. The minimum absolute atomic E-state index is 0.0203. The molecule has 218 valence electrons. The van der Waals surface area contributed by atoms with E-state index in [0.29, 0.717) is 23.9 Å². The lowest BCUT2D eigenvalue weighted by Crippen LogP contribution is -2.23. The van der Waals surface area contributed by atoms with E-state index >= 15 is 0 Å². The van der Waals surface area contributed by atoms with Crippen LogP contribution < -0.4 is 21.1 Å². The highest BCUT2D eigenvalue weighted by atomic mass is 19.4. The van der Waals surface area contributed by atoms with Gasteiger partial charge in [0, 0.05) is 23.6 Å². The molecule has 4 rings (SSSR count). The number of ether oxygens (including phenoxy) is 2. The number of carboxylic acid groups (broad SMARTS) is 1. The van der Waals surface area contributed by atoms with Crippen molar-refractivity contribution in [2.24, 2.45) is 0 Å².